The minimum atomic E-state index is -0.788. The summed E-state index contributed by atoms with van der Waals surface area (Å²) >= 11 is 5.74. The zero-order valence-electron chi connectivity index (χ0n) is 50.6. The summed E-state index contributed by atoms with van der Waals surface area (Å²) in [4.78, 5) is 0. The van der Waals surface area contributed by atoms with Gasteiger partial charge in [0.05, 0.1) is 10.8 Å². The van der Waals surface area contributed by atoms with Crippen molar-refractivity contribution in [3.05, 3.63) is 359 Å². The van der Waals surface area contributed by atoms with Crippen LogP contribution in [-0.2, 0) is 16.2 Å². The summed E-state index contributed by atoms with van der Waals surface area (Å²) in [5.74, 6) is 0. The minimum absolute atomic E-state index is 0.482. The van der Waals surface area contributed by atoms with E-state index in [1.165, 1.54) is 183 Å². The fourth-order valence-corrected chi connectivity index (χ4v) is 21.2. The summed E-state index contributed by atoms with van der Waals surface area (Å²) < 4.78 is 7.90. The van der Waals surface area contributed by atoms with Crippen molar-refractivity contribution >= 4 is 94.5 Å². The highest BCUT2D eigenvalue weighted by molar-refractivity contribution is 7.27. The monoisotopic (exact) mass is 1220 g/mol. The molecule has 0 unspecified atom stereocenters. The molecule has 3 aliphatic carbocycles. The molecule has 3 heterocycles. The predicted molar refractivity (Wildman–Crippen MR) is 394 cm³/mol. The van der Waals surface area contributed by atoms with Crippen LogP contribution in [0.4, 0.5) is 0 Å². The van der Waals surface area contributed by atoms with Gasteiger partial charge >= 0.3 is 0 Å². The van der Waals surface area contributed by atoms with Crippen LogP contribution in [0.2, 0.25) is 0 Å². The SMILES string of the molecule is CC1(C)c2ccc(-c3cccc4c3sc3ccccc34)cc2-c2c1c1c(c3c2C(c2ccccc2)(c2ccccc2)c2ccc(-c4cccc5c4sc4ccccc45)cc2-3)C(c2ccccc2)(c2ccccc2)c2ccc(-c3cccc4c3sc3ccccc34)cc2-1. The highest BCUT2D eigenvalue weighted by Gasteiger charge is 2.59. The Morgan fingerprint density at radius 2 is 0.511 bits per heavy atom. The van der Waals surface area contributed by atoms with Crippen molar-refractivity contribution in [1.82, 2.24) is 0 Å². The normalized spacial score (nSPS) is 14.5. The molecule has 14 aromatic carbocycles. The third-order valence-electron chi connectivity index (χ3n) is 21.2. The molecule has 20 rings (SSSR count). The second kappa shape index (κ2) is 19.4. The Kier molecular flexibility index (Phi) is 11.1. The molecule has 0 fully saturated rings. The minimum Gasteiger partial charge on any atom is -0.135 e. The second-order valence-electron chi connectivity index (χ2n) is 26.0. The van der Waals surface area contributed by atoms with E-state index in [4.69, 9.17) is 0 Å². The highest BCUT2D eigenvalue weighted by atomic mass is 32.1. The maximum atomic E-state index is 2.63. The Morgan fingerprint density at radius 1 is 0.228 bits per heavy atom. The highest BCUT2D eigenvalue weighted by Crippen LogP contribution is 2.72. The quantitative estimate of drug-likeness (QED) is 0.149. The second-order valence-corrected chi connectivity index (χ2v) is 29.1. The average molecular weight is 1220 g/mol. The van der Waals surface area contributed by atoms with Crippen molar-refractivity contribution in [2.24, 2.45) is 0 Å². The fourth-order valence-electron chi connectivity index (χ4n) is 17.5. The maximum absolute atomic E-state index is 2.63. The molecule has 0 saturated carbocycles. The van der Waals surface area contributed by atoms with Crippen LogP contribution in [0.15, 0.2) is 303 Å². The summed E-state index contributed by atoms with van der Waals surface area (Å²) in [6.45, 7) is 5.09. The Hall–Kier alpha value is -10.3. The number of fused-ring (bicyclic) bond motifs is 21. The molecule has 17 aromatic rings. The van der Waals surface area contributed by atoms with Crippen molar-refractivity contribution in [3.63, 3.8) is 0 Å². The molecule has 0 spiro atoms. The van der Waals surface area contributed by atoms with E-state index in [2.05, 4.69) is 317 Å². The molecule has 430 valence electrons. The van der Waals surface area contributed by atoms with E-state index in [0.717, 1.165) is 0 Å². The van der Waals surface area contributed by atoms with Crippen LogP contribution in [0, 0.1) is 0 Å². The molecular formula is C89H56S3. The van der Waals surface area contributed by atoms with Gasteiger partial charge in [-0.15, -0.1) is 34.0 Å². The van der Waals surface area contributed by atoms with E-state index in [9.17, 15) is 0 Å². The number of rotatable bonds is 7. The number of thiophene rings is 3. The van der Waals surface area contributed by atoms with Crippen LogP contribution < -0.4 is 0 Å². The summed E-state index contributed by atoms with van der Waals surface area (Å²) in [6.07, 6.45) is 0. The van der Waals surface area contributed by atoms with E-state index in [-0.39, 0.29) is 0 Å². The van der Waals surface area contributed by atoms with Crippen LogP contribution in [0.3, 0.4) is 0 Å². The summed E-state index contributed by atoms with van der Waals surface area (Å²) in [5, 5.41) is 7.85. The molecule has 3 heteroatoms. The Balaban J connectivity index is 1.01. The van der Waals surface area contributed by atoms with Gasteiger partial charge in [-0.1, -0.05) is 281 Å². The molecule has 0 nitrogen and oxygen atoms in total. The topological polar surface area (TPSA) is 0 Å². The average Bonchev–Trinajstić information content (AvgIpc) is 1.47. The lowest BCUT2D eigenvalue weighted by atomic mass is 9.62. The van der Waals surface area contributed by atoms with Gasteiger partial charge in [0.1, 0.15) is 0 Å². The van der Waals surface area contributed by atoms with E-state index in [0.29, 0.717) is 0 Å². The maximum Gasteiger partial charge on any atom is 0.0719 e. The Labute approximate surface area is 546 Å². The molecule has 0 aliphatic heterocycles. The third-order valence-corrected chi connectivity index (χ3v) is 24.9. The number of hydrogen-bond donors (Lipinski definition) is 0. The molecule has 92 heavy (non-hydrogen) atoms. The van der Waals surface area contributed by atoms with Crippen molar-refractivity contribution in [3.8, 4) is 66.8 Å². The van der Waals surface area contributed by atoms with Crippen LogP contribution in [0.1, 0.15) is 69.5 Å². The van der Waals surface area contributed by atoms with Gasteiger partial charge < -0.3 is 0 Å². The first-order chi connectivity index (χ1) is 45.4. The number of benzene rings is 14. The fraction of sp³-hybridized carbons (Fsp3) is 0.0562. The van der Waals surface area contributed by atoms with E-state index < -0.39 is 16.2 Å². The van der Waals surface area contributed by atoms with Crippen LogP contribution in [0.25, 0.3) is 127 Å². The summed E-state index contributed by atoms with van der Waals surface area (Å²) in [5.41, 5.74) is 26.4. The van der Waals surface area contributed by atoms with Gasteiger partial charge in [0, 0.05) is 65.9 Å². The van der Waals surface area contributed by atoms with Crippen molar-refractivity contribution in [2.45, 2.75) is 30.1 Å². The first kappa shape index (κ1) is 52.5. The molecule has 0 atom stereocenters. The lowest BCUT2D eigenvalue weighted by molar-refractivity contribution is 0.658. The van der Waals surface area contributed by atoms with Crippen molar-refractivity contribution in [1.29, 1.82) is 0 Å². The molecule has 0 bridgehead atoms. The first-order valence-corrected chi connectivity index (χ1v) is 34.5. The molecule has 0 N–H and O–H groups in total. The molecule has 3 aliphatic rings. The summed E-state index contributed by atoms with van der Waals surface area (Å²) in [7, 11) is 0. The summed E-state index contributed by atoms with van der Waals surface area (Å²) in [6, 6.07) is 117. The van der Waals surface area contributed by atoms with E-state index in [1.807, 2.05) is 34.0 Å². The standard InChI is InChI=1S/C89H56S3/c1-87(2)72-47-44-53(60-35-21-38-66-63-32-15-18-41-75(63)90-84(60)66)50-69(72)78-81(87)79-70-51-54(61-36-22-39-67-64-33-16-19-42-76(64)91-85(61)67)45-48-73(70)88(56-24-7-3-8-25-56,57-26-9-4-10-27-57)83(79)80-71-52-55(62-37-23-40-68-65-34-17-20-43-77(65)92-86(62)68)46-49-74(71)89(82(78)80,58-28-11-5-12-29-58)59-30-13-6-14-31-59/h3-52H,1-2H3. The molecule has 0 amide bonds. The molecular weight excluding hydrogens is 1170 g/mol. The molecule has 0 radical (unpaired) electrons. The lowest BCUT2D eigenvalue weighted by Crippen LogP contribution is -2.32. The smallest absolute Gasteiger partial charge is 0.0719 e. The van der Waals surface area contributed by atoms with Gasteiger partial charge in [0.25, 0.3) is 0 Å². The Bertz CT molecular complexity index is 5780. The Morgan fingerprint density at radius 3 is 0.859 bits per heavy atom. The van der Waals surface area contributed by atoms with Gasteiger partial charge in [-0.05, 0) is 159 Å². The van der Waals surface area contributed by atoms with Crippen molar-refractivity contribution < 1.29 is 0 Å². The molecule has 0 saturated heterocycles. The molecule has 3 aromatic heterocycles. The third kappa shape index (κ3) is 6.90. The van der Waals surface area contributed by atoms with Crippen LogP contribution >= 0.6 is 34.0 Å². The van der Waals surface area contributed by atoms with Crippen molar-refractivity contribution in [2.75, 3.05) is 0 Å². The predicted octanol–water partition coefficient (Wildman–Crippen LogP) is 24.8. The van der Waals surface area contributed by atoms with Gasteiger partial charge in [-0.2, -0.15) is 0 Å². The van der Waals surface area contributed by atoms with Gasteiger partial charge in [0.2, 0.25) is 0 Å². The largest absolute Gasteiger partial charge is 0.135 e. The van der Waals surface area contributed by atoms with Crippen LogP contribution in [0.5, 0.6) is 0 Å². The van der Waals surface area contributed by atoms with Gasteiger partial charge in [-0.3, -0.25) is 0 Å². The van der Waals surface area contributed by atoms with E-state index in [1.54, 1.807) is 0 Å². The zero-order valence-corrected chi connectivity index (χ0v) is 53.0. The van der Waals surface area contributed by atoms with E-state index >= 15 is 0 Å². The van der Waals surface area contributed by atoms with Gasteiger partial charge in [-0.25, -0.2) is 0 Å². The zero-order chi connectivity index (χ0) is 60.6. The lowest BCUT2D eigenvalue weighted by Gasteiger charge is -2.39. The number of hydrogen-bond acceptors (Lipinski definition) is 3. The first-order valence-electron chi connectivity index (χ1n) is 32.0. The van der Waals surface area contributed by atoms with Crippen LogP contribution in [-0.4, -0.2) is 0 Å². The van der Waals surface area contributed by atoms with Gasteiger partial charge in [0.15, 0.2) is 0 Å².